The van der Waals surface area contributed by atoms with Crippen molar-refractivity contribution >= 4 is 15.8 Å². The zero-order valence-corrected chi connectivity index (χ0v) is 13.4. The lowest BCUT2D eigenvalue weighted by Crippen LogP contribution is -2.23. The Kier molecular flexibility index (Phi) is 4.07. The van der Waals surface area contributed by atoms with Gasteiger partial charge in [0.05, 0.1) is 0 Å². The average Bonchev–Trinajstić information content (AvgIpc) is 3.18. The second-order valence-corrected chi connectivity index (χ2v) is 8.19. The predicted octanol–water partition coefficient (Wildman–Crippen LogP) is 2.18. The van der Waals surface area contributed by atoms with Gasteiger partial charge in [-0.25, -0.2) is 17.7 Å². The first-order valence-electron chi connectivity index (χ1n) is 6.90. The minimum atomic E-state index is -3.40. The van der Waals surface area contributed by atoms with Crippen LogP contribution < -0.4 is 5.32 Å². The molecule has 0 atom stereocenters. The quantitative estimate of drug-likeness (QED) is 0.874. The van der Waals surface area contributed by atoms with Crippen LogP contribution >= 0.6 is 0 Å². The fraction of sp³-hybridized carbons (Fsp3) is 0.643. The zero-order valence-electron chi connectivity index (χ0n) is 12.5. The number of hydrogen-bond donors (Lipinski definition) is 1. The van der Waals surface area contributed by atoms with E-state index in [1.54, 1.807) is 12.1 Å². The smallest absolute Gasteiger partial charge is 0.244 e. The molecule has 1 aromatic rings. The summed E-state index contributed by atoms with van der Waals surface area (Å²) in [5.41, 5.74) is 0.399. The van der Waals surface area contributed by atoms with Gasteiger partial charge in [0.1, 0.15) is 10.7 Å². The van der Waals surface area contributed by atoms with E-state index in [0.717, 1.165) is 12.4 Å². The first-order valence-corrected chi connectivity index (χ1v) is 8.34. The maximum Gasteiger partial charge on any atom is 0.244 e. The highest BCUT2D eigenvalue weighted by Crippen LogP contribution is 2.51. The maximum atomic E-state index is 11.9. The van der Waals surface area contributed by atoms with Crippen molar-refractivity contribution in [1.29, 1.82) is 0 Å². The van der Waals surface area contributed by atoms with E-state index in [4.69, 9.17) is 0 Å². The van der Waals surface area contributed by atoms with E-state index < -0.39 is 10.0 Å². The van der Waals surface area contributed by atoms with Gasteiger partial charge < -0.3 is 5.32 Å². The molecule has 1 fully saturated rings. The Labute approximate surface area is 121 Å². The molecule has 1 heterocycles. The van der Waals surface area contributed by atoms with Gasteiger partial charge in [0, 0.05) is 26.8 Å². The highest BCUT2D eigenvalue weighted by Gasteiger charge is 2.44. The lowest BCUT2D eigenvalue weighted by Gasteiger charge is -2.20. The van der Waals surface area contributed by atoms with Crippen LogP contribution in [-0.4, -0.2) is 38.3 Å². The summed E-state index contributed by atoms with van der Waals surface area (Å²) in [5, 5.41) is 3.32. The molecule has 0 spiro atoms. The van der Waals surface area contributed by atoms with Crippen LogP contribution in [0.1, 0.15) is 26.7 Å². The third-order valence-electron chi connectivity index (χ3n) is 4.25. The van der Waals surface area contributed by atoms with Crippen LogP contribution in [0.2, 0.25) is 0 Å². The van der Waals surface area contributed by atoms with Crippen LogP contribution in [0.4, 0.5) is 5.82 Å². The van der Waals surface area contributed by atoms with Crippen LogP contribution in [0.5, 0.6) is 0 Å². The van der Waals surface area contributed by atoms with Crippen LogP contribution in [0.25, 0.3) is 0 Å². The van der Waals surface area contributed by atoms with Crippen LogP contribution in [0, 0.1) is 11.3 Å². The maximum absolute atomic E-state index is 11.9. The van der Waals surface area contributed by atoms with Crippen molar-refractivity contribution in [1.82, 2.24) is 9.29 Å². The van der Waals surface area contributed by atoms with Crippen LogP contribution in [0.3, 0.4) is 0 Å². The monoisotopic (exact) mass is 297 g/mol. The normalized spacial score (nSPS) is 17.5. The van der Waals surface area contributed by atoms with Crippen LogP contribution in [-0.2, 0) is 10.0 Å². The van der Waals surface area contributed by atoms with Gasteiger partial charge in [0.25, 0.3) is 0 Å². The van der Waals surface area contributed by atoms with Gasteiger partial charge in [-0.2, -0.15) is 0 Å². The number of rotatable bonds is 6. The number of aromatic nitrogens is 1. The Morgan fingerprint density at radius 1 is 1.35 bits per heavy atom. The fourth-order valence-electron chi connectivity index (χ4n) is 2.23. The molecule has 0 radical (unpaired) electrons. The van der Waals surface area contributed by atoms with Gasteiger partial charge in [-0.15, -0.1) is 0 Å². The highest BCUT2D eigenvalue weighted by molar-refractivity contribution is 7.89. The van der Waals surface area contributed by atoms with Crippen molar-refractivity contribution in [2.75, 3.05) is 26.0 Å². The number of sulfonamides is 1. The number of nitrogens with zero attached hydrogens (tertiary/aromatic N) is 2. The molecular formula is C14H23N3O2S. The summed E-state index contributed by atoms with van der Waals surface area (Å²) in [5.74, 6) is 1.39. The molecule has 1 aliphatic rings. The largest absolute Gasteiger partial charge is 0.370 e. The fourth-order valence-corrected chi connectivity index (χ4v) is 3.08. The van der Waals surface area contributed by atoms with E-state index in [2.05, 4.69) is 24.1 Å². The first kappa shape index (κ1) is 15.3. The highest BCUT2D eigenvalue weighted by atomic mass is 32.2. The summed E-state index contributed by atoms with van der Waals surface area (Å²) in [6.45, 7) is 5.39. The van der Waals surface area contributed by atoms with E-state index in [9.17, 15) is 8.42 Å². The number of hydrogen-bond acceptors (Lipinski definition) is 4. The number of anilines is 1. The van der Waals surface area contributed by atoms with E-state index in [0.29, 0.717) is 11.3 Å². The van der Waals surface area contributed by atoms with Crippen molar-refractivity contribution in [3.05, 3.63) is 18.3 Å². The molecule has 0 saturated heterocycles. The van der Waals surface area contributed by atoms with Crippen molar-refractivity contribution in [2.45, 2.75) is 31.6 Å². The molecule has 112 valence electrons. The lowest BCUT2D eigenvalue weighted by molar-refractivity contribution is 0.380. The first-order chi connectivity index (χ1) is 9.28. The second kappa shape index (κ2) is 5.33. The standard InChI is InChI=1S/C14H23N3O2S/c1-11(2)14(7-8-14)10-16-13-6-5-12(9-15-13)20(18,19)17(3)4/h5-6,9,11H,7-8,10H2,1-4H3,(H,15,16). The molecule has 0 unspecified atom stereocenters. The molecule has 0 amide bonds. The molecule has 6 heteroatoms. The Hall–Kier alpha value is -1.14. The Bertz CT molecular complexity index is 561. The molecular weight excluding hydrogens is 274 g/mol. The molecule has 0 bridgehead atoms. The molecule has 1 aromatic heterocycles. The molecule has 1 saturated carbocycles. The Balaban J connectivity index is 2.03. The number of nitrogens with one attached hydrogen (secondary N) is 1. The summed E-state index contributed by atoms with van der Waals surface area (Å²) in [6.07, 6.45) is 3.92. The molecule has 1 N–H and O–H groups in total. The summed E-state index contributed by atoms with van der Waals surface area (Å²) < 4.78 is 25.0. The summed E-state index contributed by atoms with van der Waals surface area (Å²) >= 11 is 0. The van der Waals surface area contributed by atoms with E-state index >= 15 is 0 Å². The average molecular weight is 297 g/mol. The molecule has 1 aliphatic carbocycles. The Morgan fingerprint density at radius 2 is 2.00 bits per heavy atom. The molecule has 0 aliphatic heterocycles. The van der Waals surface area contributed by atoms with Crippen molar-refractivity contribution < 1.29 is 8.42 Å². The molecule has 0 aromatic carbocycles. The third kappa shape index (κ3) is 2.96. The van der Waals surface area contributed by atoms with Crippen molar-refractivity contribution in [3.8, 4) is 0 Å². The third-order valence-corrected chi connectivity index (χ3v) is 6.05. The van der Waals surface area contributed by atoms with Gasteiger partial charge >= 0.3 is 0 Å². The number of pyridine rings is 1. The van der Waals surface area contributed by atoms with E-state index in [1.807, 2.05) is 0 Å². The zero-order chi connectivity index (χ0) is 15.0. The second-order valence-electron chi connectivity index (χ2n) is 6.04. The van der Waals surface area contributed by atoms with Gasteiger partial charge in [0.15, 0.2) is 0 Å². The summed E-state index contributed by atoms with van der Waals surface area (Å²) in [4.78, 5) is 4.42. The van der Waals surface area contributed by atoms with E-state index in [1.165, 1.54) is 37.4 Å². The minimum Gasteiger partial charge on any atom is -0.370 e. The summed E-state index contributed by atoms with van der Waals surface area (Å²) in [7, 11) is -0.365. The van der Waals surface area contributed by atoms with Crippen LogP contribution in [0.15, 0.2) is 23.2 Å². The van der Waals surface area contributed by atoms with Crippen molar-refractivity contribution in [3.63, 3.8) is 0 Å². The van der Waals surface area contributed by atoms with E-state index in [-0.39, 0.29) is 4.90 Å². The van der Waals surface area contributed by atoms with Crippen molar-refractivity contribution in [2.24, 2.45) is 11.3 Å². The van der Waals surface area contributed by atoms with Gasteiger partial charge in [-0.05, 0) is 36.3 Å². The molecule has 20 heavy (non-hydrogen) atoms. The topological polar surface area (TPSA) is 62.3 Å². The predicted molar refractivity (Wildman–Crippen MR) is 80.1 cm³/mol. The molecule has 2 rings (SSSR count). The SMILES string of the molecule is CC(C)C1(CNc2ccc(S(=O)(=O)N(C)C)cn2)CC1. The lowest BCUT2D eigenvalue weighted by atomic mass is 9.92. The van der Waals surface area contributed by atoms with Gasteiger partial charge in [-0.3, -0.25) is 0 Å². The van der Waals surface area contributed by atoms with Gasteiger partial charge in [-0.1, -0.05) is 13.8 Å². The Morgan fingerprint density at radius 3 is 2.40 bits per heavy atom. The molecule has 5 nitrogen and oxygen atoms in total. The minimum absolute atomic E-state index is 0.220. The van der Waals surface area contributed by atoms with Gasteiger partial charge in [0.2, 0.25) is 10.0 Å². The summed E-state index contributed by atoms with van der Waals surface area (Å²) in [6, 6.07) is 3.33.